The van der Waals surface area contributed by atoms with Crippen molar-refractivity contribution in [1.82, 2.24) is 0 Å². The first-order chi connectivity index (χ1) is 6.61. The summed E-state index contributed by atoms with van der Waals surface area (Å²) in [5, 5.41) is 0.678. The van der Waals surface area contributed by atoms with Gasteiger partial charge in [-0.1, -0.05) is 23.7 Å². The average molecular weight is 212 g/mol. The molecule has 2 N–H and O–H groups in total. The summed E-state index contributed by atoms with van der Waals surface area (Å²) in [6.07, 6.45) is 0.116. The Morgan fingerprint density at radius 2 is 2.21 bits per heavy atom. The van der Waals surface area contributed by atoms with E-state index in [1.54, 1.807) is 0 Å². The second-order valence-electron chi connectivity index (χ2n) is 3.87. The molecule has 3 heteroatoms. The van der Waals surface area contributed by atoms with Crippen molar-refractivity contribution in [3.05, 3.63) is 28.8 Å². The number of rotatable bonds is 1. The van der Waals surface area contributed by atoms with Crippen LogP contribution < -0.4 is 10.5 Å². The third-order valence-electron chi connectivity index (χ3n) is 2.73. The van der Waals surface area contributed by atoms with Crippen LogP contribution in [0, 0.1) is 0 Å². The lowest BCUT2D eigenvalue weighted by atomic mass is 9.90. The quantitative estimate of drug-likeness (QED) is 0.775. The topological polar surface area (TPSA) is 35.2 Å². The molecule has 0 saturated carbocycles. The lowest BCUT2D eigenvalue weighted by Gasteiger charge is -2.18. The maximum absolute atomic E-state index is 6.04. The van der Waals surface area contributed by atoms with Gasteiger partial charge in [0.05, 0.1) is 5.02 Å². The summed E-state index contributed by atoms with van der Waals surface area (Å²) in [5.41, 5.74) is 7.07. The van der Waals surface area contributed by atoms with Gasteiger partial charge in [0, 0.05) is 17.5 Å². The van der Waals surface area contributed by atoms with Crippen LogP contribution in [0.5, 0.6) is 5.75 Å². The fourth-order valence-electron chi connectivity index (χ4n) is 2.14. The minimum atomic E-state index is 0.0877. The Morgan fingerprint density at radius 3 is 2.86 bits per heavy atom. The number of para-hydroxylation sites is 1. The van der Waals surface area contributed by atoms with E-state index in [2.05, 4.69) is 0 Å². The van der Waals surface area contributed by atoms with Crippen LogP contribution in [-0.2, 0) is 0 Å². The van der Waals surface area contributed by atoms with Crippen LogP contribution >= 0.6 is 11.6 Å². The fraction of sp³-hybridized carbons (Fsp3) is 0.455. The molecule has 2 nitrogen and oxygen atoms in total. The highest BCUT2D eigenvalue weighted by Crippen LogP contribution is 2.43. The van der Waals surface area contributed by atoms with Crippen LogP contribution in [0.2, 0.25) is 5.02 Å². The summed E-state index contributed by atoms with van der Waals surface area (Å²) in [6.45, 7) is 4.03. The van der Waals surface area contributed by atoms with Gasteiger partial charge in [-0.25, -0.2) is 0 Å². The molecule has 0 fully saturated rings. The van der Waals surface area contributed by atoms with Gasteiger partial charge in [0.2, 0.25) is 0 Å². The first-order valence-corrected chi connectivity index (χ1v) is 5.19. The molecular formula is C11H14ClNO. The van der Waals surface area contributed by atoms with Crippen molar-refractivity contribution in [2.45, 2.75) is 31.9 Å². The van der Waals surface area contributed by atoms with E-state index in [0.29, 0.717) is 5.02 Å². The van der Waals surface area contributed by atoms with Crippen molar-refractivity contribution in [2.24, 2.45) is 5.73 Å². The Morgan fingerprint density at radius 1 is 1.50 bits per heavy atom. The molecule has 0 amide bonds. The van der Waals surface area contributed by atoms with Crippen LogP contribution in [0.15, 0.2) is 18.2 Å². The molecule has 3 atom stereocenters. The molecule has 76 valence electrons. The molecule has 0 spiro atoms. The molecule has 1 aromatic rings. The lowest BCUT2D eigenvalue weighted by molar-refractivity contribution is 0.216. The second kappa shape index (κ2) is 3.44. The van der Waals surface area contributed by atoms with Crippen LogP contribution in [0.25, 0.3) is 0 Å². The molecule has 1 aliphatic heterocycles. The standard InChI is InChI=1S/C11H14ClNO/c1-6(13)10-7(2)14-11-8(10)4-3-5-9(11)12/h3-7,10H,13H2,1-2H3. The summed E-state index contributed by atoms with van der Waals surface area (Å²) in [7, 11) is 0. The predicted molar refractivity (Wildman–Crippen MR) is 57.9 cm³/mol. The van der Waals surface area contributed by atoms with Gasteiger partial charge in [0.25, 0.3) is 0 Å². The third-order valence-corrected chi connectivity index (χ3v) is 3.03. The first-order valence-electron chi connectivity index (χ1n) is 4.82. The van der Waals surface area contributed by atoms with Crippen molar-refractivity contribution < 1.29 is 4.74 Å². The summed E-state index contributed by atoms with van der Waals surface area (Å²) >= 11 is 6.04. The molecule has 1 aromatic carbocycles. The van der Waals surface area contributed by atoms with E-state index >= 15 is 0 Å². The monoisotopic (exact) mass is 211 g/mol. The van der Waals surface area contributed by atoms with E-state index in [-0.39, 0.29) is 18.1 Å². The number of fused-ring (bicyclic) bond motifs is 1. The number of benzene rings is 1. The van der Waals surface area contributed by atoms with Gasteiger partial charge in [0.15, 0.2) is 0 Å². The smallest absolute Gasteiger partial charge is 0.141 e. The molecule has 0 saturated heterocycles. The zero-order valence-electron chi connectivity index (χ0n) is 8.33. The second-order valence-corrected chi connectivity index (χ2v) is 4.27. The molecular weight excluding hydrogens is 198 g/mol. The number of halogens is 1. The van der Waals surface area contributed by atoms with Gasteiger partial charge in [0.1, 0.15) is 11.9 Å². The molecule has 2 rings (SSSR count). The van der Waals surface area contributed by atoms with Crippen LogP contribution in [0.3, 0.4) is 0 Å². The van der Waals surface area contributed by atoms with E-state index in [4.69, 9.17) is 22.1 Å². The first kappa shape index (κ1) is 9.81. The Balaban J connectivity index is 2.47. The molecule has 0 bridgehead atoms. The number of hydrogen-bond donors (Lipinski definition) is 1. The zero-order valence-corrected chi connectivity index (χ0v) is 9.08. The minimum absolute atomic E-state index is 0.0877. The summed E-state index contributed by atoms with van der Waals surface area (Å²) in [5.74, 6) is 1.06. The molecule has 0 aliphatic carbocycles. The van der Waals surface area contributed by atoms with E-state index in [9.17, 15) is 0 Å². The molecule has 0 radical (unpaired) electrons. The number of hydrogen-bond acceptors (Lipinski definition) is 2. The third kappa shape index (κ3) is 1.39. The van der Waals surface area contributed by atoms with Gasteiger partial charge < -0.3 is 10.5 Å². The maximum atomic E-state index is 6.04. The molecule has 14 heavy (non-hydrogen) atoms. The normalized spacial score (nSPS) is 26.9. The predicted octanol–water partition coefficient (Wildman–Crippen LogP) is 2.55. The van der Waals surface area contributed by atoms with Crippen molar-refractivity contribution in [3.8, 4) is 5.75 Å². The van der Waals surface area contributed by atoms with Crippen LogP contribution in [0.1, 0.15) is 25.3 Å². The zero-order chi connectivity index (χ0) is 10.3. The van der Waals surface area contributed by atoms with Gasteiger partial charge in [-0.15, -0.1) is 0 Å². The fourth-order valence-corrected chi connectivity index (χ4v) is 2.36. The maximum Gasteiger partial charge on any atom is 0.141 e. The molecule has 3 unspecified atom stereocenters. The highest BCUT2D eigenvalue weighted by Gasteiger charge is 2.34. The van der Waals surface area contributed by atoms with Gasteiger partial charge >= 0.3 is 0 Å². The van der Waals surface area contributed by atoms with Crippen molar-refractivity contribution in [3.63, 3.8) is 0 Å². The van der Waals surface area contributed by atoms with E-state index in [1.807, 2.05) is 32.0 Å². The van der Waals surface area contributed by atoms with Crippen LogP contribution in [0.4, 0.5) is 0 Å². The van der Waals surface area contributed by atoms with E-state index < -0.39 is 0 Å². The Kier molecular flexibility index (Phi) is 2.41. The van der Waals surface area contributed by atoms with Gasteiger partial charge in [-0.3, -0.25) is 0 Å². The van der Waals surface area contributed by atoms with Crippen molar-refractivity contribution in [1.29, 1.82) is 0 Å². The van der Waals surface area contributed by atoms with Crippen LogP contribution in [-0.4, -0.2) is 12.1 Å². The Hall–Kier alpha value is -0.730. The minimum Gasteiger partial charge on any atom is -0.488 e. The summed E-state index contributed by atoms with van der Waals surface area (Å²) in [4.78, 5) is 0. The van der Waals surface area contributed by atoms with Gasteiger partial charge in [-0.2, -0.15) is 0 Å². The average Bonchev–Trinajstić information content (AvgIpc) is 2.42. The molecule has 1 heterocycles. The van der Waals surface area contributed by atoms with Crippen molar-refractivity contribution in [2.75, 3.05) is 0 Å². The SMILES string of the molecule is CC(N)C1c2cccc(Cl)c2OC1C. The summed E-state index contributed by atoms with van der Waals surface area (Å²) in [6, 6.07) is 5.91. The summed E-state index contributed by atoms with van der Waals surface area (Å²) < 4.78 is 5.70. The highest BCUT2D eigenvalue weighted by molar-refractivity contribution is 6.32. The Bertz CT molecular complexity index is 351. The largest absolute Gasteiger partial charge is 0.488 e. The van der Waals surface area contributed by atoms with Gasteiger partial charge in [-0.05, 0) is 19.9 Å². The molecule has 0 aromatic heterocycles. The molecule has 1 aliphatic rings. The van der Waals surface area contributed by atoms with E-state index in [1.165, 1.54) is 0 Å². The van der Waals surface area contributed by atoms with E-state index in [0.717, 1.165) is 11.3 Å². The number of nitrogens with two attached hydrogens (primary N) is 1. The Labute approximate surface area is 89.0 Å². The number of ether oxygens (including phenoxy) is 1. The highest BCUT2D eigenvalue weighted by atomic mass is 35.5. The lowest BCUT2D eigenvalue weighted by Crippen LogP contribution is -2.30. The van der Waals surface area contributed by atoms with Crippen molar-refractivity contribution >= 4 is 11.6 Å².